The molecule has 0 aromatic carbocycles. The Morgan fingerprint density at radius 2 is 2.11 bits per heavy atom. The first-order valence-corrected chi connectivity index (χ1v) is 6.10. The minimum Gasteiger partial charge on any atom is -0.360 e. The molecular weight excluding hydrogens is 234 g/mol. The average Bonchev–Trinajstić information content (AvgIpc) is 2.75. The van der Waals surface area contributed by atoms with Crippen molar-refractivity contribution in [3.8, 4) is 0 Å². The molecule has 1 aliphatic rings. The number of nitrogens with one attached hydrogen (secondary N) is 1. The summed E-state index contributed by atoms with van der Waals surface area (Å²) in [6.45, 7) is 5.16. The summed E-state index contributed by atoms with van der Waals surface area (Å²) in [5.74, 6) is 0.330. The normalized spacial score (nSPS) is 16.7. The lowest BCUT2D eigenvalue weighted by molar-refractivity contribution is -0.144. The predicted molar refractivity (Wildman–Crippen MR) is 64.8 cm³/mol. The second kappa shape index (κ2) is 5.20. The lowest BCUT2D eigenvalue weighted by Gasteiger charge is -2.29. The molecule has 6 nitrogen and oxygen atoms in total. The van der Waals surface area contributed by atoms with Gasteiger partial charge in [0.15, 0.2) is 5.82 Å². The molecule has 0 unspecified atom stereocenters. The van der Waals surface area contributed by atoms with Crippen LogP contribution in [-0.4, -0.2) is 35.0 Å². The van der Waals surface area contributed by atoms with Crippen LogP contribution in [0.5, 0.6) is 0 Å². The van der Waals surface area contributed by atoms with Crippen LogP contribution in [0.3, 0.4) is 0 Å². The van der Waals surface area contributed by atoms with Crippen molar-refractivity contribution in [1.82, 2.24) is 10.1 Å². The number of nitrogens with zero attached hydrogens (tertiary/aromatic N) is 2. The Kier molecular flexibility index (Phi) is 3.64. The molecule has 1 aromatic heterocycles. The number of hydrogen-bond acceptors (Lipinski definition) is 4. The lowest BCUT2D eigenvalue weighted by atomic mass is 9.99. The Morgan fingerprint density at radius 3 is 2.67 bits per heavy atom. The van der Waals surface area contributed by atoms with Crippen molar-refractivity contribution in [2.75, 3.05) is 18.4 Å². The number of aryl methyl sites for hydroxylation is 1. The molecule has 1 fully saturated rings. The molecule has 2 amide bonds. The van der Waals surface area contributed by atoms with E-state index in [0.717, 1.165) is 12.8 Å². The van der Waals surface area contributed by atoms with E-state index < -0.39 is 11.8 Å². The maximum Gasteiger partial charge on any atom is 0.315 e. The van der Waals surface area contributed by atoms with E-state index in [1.807, 2.05) is 0 Å². The van der Waals surface area contributed by atoms with Gasteiger partial charge >= 0.3 is 11.8 Å². The third-order valence-electron chi connectivity index (χ3n) is 3.13. The average molecular weight is 251 g/mol. The summed E-state index contributed by atoms with van der Waals surface area (Å²) in [4.78, 5) is 25.2. The van der Waals surface area contributed by atoms with Gasteiger partial charge < -0.3 is 9.42 Å². The summed E-state index contributed by atoms with van der Waals surface area (Å²) in [7, 11) is 0. The number of likely N-dealkylation sites (tertiary alicyclic amines) is 1. The van der Waals surface area contributed by atoms with Crippen LogP contribution in [0.4, 0.5) is 5.82 Å². The SMILES string of the molecule is Cc1cc(NC(=O)C(=O)N2CCC(C)CC2)no1. The van der Waals surface area contributed by atoms with Crippen molar-refractivity contribution in [1.29, 1.82) is 0 Å². The Balaban J connectivity index is 1.90. The third kappa shape index (κ3) is 2.88. The molecule has 2 heterocycles. The van der Waals surface area contributed by atoms with E-state index in [2.05, 4.69) is 17.4 Å². The van der Waals surface area contributed by atoms with Crippen molar-refractivity contribution in [3.63, 3.8) is 0 Å². The van der Waals surface area contributed by atoms with Gasteiger partial charge in [0, 0.05) is 19.2 Å². The fourth-order valence-electron chi connectivity index (χ4n) is 1.95. The standard InChI is InChI=1S/C12H17N3O3/c1-8-3-5-15(6-4-8)12(17)11(16)13-10-7-9(2)18-14-10/h7-8H,3-6H2,1-2H3,(H,13,14,16). The van der Waals surface area contributed by atoms with Gasteiger partial charge in [0.05, 0.1) is 0 Å². The largest absolute Gasteiger partial charge is 0.360 e. The molecule has 0 bridgehead atoms. The second-order valence-electron chi connectivity index (χ2n) is 4.75. The summed E-state index contributed by atoms with van der Waals surface area (Å²) in [6.07, 6.45) is 1.89. The summed E-state index contributed by atoms with van der Waals surface area (Å²) in [5, 5.41) is 6.05. The molecule has 1 saturated heterocycles. The molecule has 2 rings (SSSR count). The minimum atomic E-state index is -0.655. The van der Waals surface area contributed by atoms with Crippen molar-refractivity contribution in [2.45, 2.75) is 26.7 Å². The van der Waals surface area contributed by atoms with Gasteiger partial charge in [0.25, 0.3) is 0 Å². The number of carbonyl (C=O) groups excluding carboxylic acids is 2. The fourth-order valence-corrected chi connectivity index (χ4v) is 1.95. The van der Waals surface area contributed by atoms with Crippen molar-refractivity contribution < 1.29 is 14.1 Å². The quantitative estimate of drug-likeness (QED) is 0.760. The summed E-state index contributed by atoms with van der Waals surface area (Å²) in [5.41, 5.74) is 0. The number of carbonyl (C=O) groups is 2. The molecule has 1 aromatic rings. The number of hydrogen-bond donors (Lipinski definition) is 1. The molecule has 1 aliphatic heterocycles. The molecule has 1 N–H and O–H groups in total. The minimum absolute atomic E-state index is 0.274. The molecule has 0 spiro atoms. The van der Waals surface area contributed by atoms with E-state index in [4.69, 9.17) is 4.52 Å². The number of anilines is 1. The van der Waals surface area contributed by atoms with Crippen LogP contribution in [0, 0.1) is 12.8 Å². The Hall–Kier alpha value is -1.85. The zero-order valence-electron chi connectivity index (χ0n) is 10.6. The van der Waals surface area contributed by atoms with E-state index >= 15 is 0 Å². The molecule has 0 radical (unpaired) electrons. The van der Waals surface area contributed by atoms with E-state index in [0.29, 0.717) is 24.8 Å². The highest BCUT2D eigenvalue weighted by Crippen LogP contribution is 2.16. The maximum atomic E-state index is 11.9. The predicted octanol–water partition coefficient (Wildman–Crippen LogP) is 1.18. The summed E-state index contributed by atoms with van der Waals surface area (Å²) >= 11 is 0. The number of amides is 2. The Bertz CT molecular complexity index is 447. The fraction of sp³-hybridized carbons (Fsp3) is 0.583. The highest BCUT2D eigenvalue weighted by atomic mass is 16.5. The van der Waals surface area contributed by atoms with Crippen LogP contribution in [0.15, 0.2) is 10.6 Å². The smallest absolute Gasteiger partial charge is 0.315 e. The molecule has 18 heavy (non-hydrogen) atoms. The van der Waals surface area contributed by atoms with Crippen molar-refractivity contribution in [2.24, 2.45) is 5.92 Å². The maximum absolute atomic E-state index is 11.9. The van der Waals surface area contributed by atoms with Crippen LogP contribution in [0.2, 0.25) is 0 Å². The summed E-state index contributed by atoms with van der Waals surface area (Å²) < 4.78 is 4.82. The van der Waals surface area contributed by atoms with E-state index in [1.54, 1.807) is 17.9 Å². The third-order valence-corrected chi connectivity index (χ3v) is 3.13. The highest BCUT2D eigenvalue weighted by molar-refractivity contribution is 6.39. The van der Waals surface area contributed by atoms with E-state index in [1.165, 1.54) is 0 Å². The molecule has 0 atom stereocenters. The van der Waals surface area contributed by atoms with Gasteiger partial charge in [-0.3, -0.25) is 14.9 Å². The molecule has 0 saturated carbocycles. The van der Waals surface area contributed by atoms with Gasteiger partial charge in [-0.05, 0) is 25.7 Å². The van der Waals surface area contributed by atoms with Gasteiger partial charge in [-0.1, -0.05) is 12.1 Å². The van der Waals surface area contributed by atoms with Gasteiger partial charge in [-0.2, -0.15) is 0 Å². The first-order chi connectivity index (χ1) is 8.56. The van der Waals surface area contributed by atoms with Crippen LogP contribution in [-0.2, 0) is 9.59 Å². The lowest BCUT2D eigenvalue weighted by Crippen LogP contribution is -2.43. The number of rotatable bonds is 1. The van der Waals surface area contributed by atoms with E-state index in [-0.39, 0.29) is 5.82 Å². The Morgan fingerprint density at radius 1 is 1.44 bits per heavy atom. The van der Waals surface area contributed by atoms with Crippen molar-refractivity contribution >= 4 is 17.6 Å². The highest BCUT2D eigenvalue weighted by Gasteiger charge is 2.25. The number of aromatic nitrogens is 1. The molecule has 98 valence electrons. The Labute approximate surface area is 105 Å². The first-order valence-electron chi connectivity index (χ1n) is 6.10. The van der Waals surface area contributed by atoms with Gasteiger partial charge in [-0.25, -0.2) is 0 Å². The first kappa shape index (κ1) is 12.6. The van der Waals surface area contributed by atoms with Crippen LogP contribution in [0.25, 0.3) is 0 Å². The van der Waals surface area contributed by atoms with Gasteiger partial charge in [0.2, 0.25) is 0 Å². The van der Waals surface area contributed by atoms with Gasteiger partial charge in [0.1, 0.15) is 5.76 Å². The topological polar surface area (TPSA) is 75.4 Å². The summed E-state index contributed by atoms with van der Waals surface area (Å²) in [6, 6.07) is 1.57. The number of piperidine rings is 1. The zero-order chi connectivity index (χ0) is 13.1. The van der Waals surface area contributed by atoms with Crippen LogP contribution >= 0.6 is 0 Å². The molecule has 6 heteroatoms. The van der Waals surface area contributed by atoms with Crippen LogP contribution in [0.1, 0.15) is 25.5 Å². The van der Waals surface area contributed by atoms with Gasteiger partial charge in [-0.15, -0.1) is 0 Å². The van der Waals surface area contributed by atoms with Crippen molar-refractivity contribution in [3.05, 3.63) is 11.8 Å². The van der Waals surface area contributed by atoms with E-state index in [9.17, 15) is 9.59 Å². The monoisotopic (exact) mass is 251 g/mol. The molecular formula is C12H17N3O3. The second-order valence-corrected chi connectivity index (χ2v) is 4.75. The van der Waals surface area contributed by atoms with Crippen LogP contribution < -0.4 is 5.32 Å². The zero-order valence-corrected chi connectivity index (χ0v) is 10.6. The molecule has 0 aliphatic carbocycles.